The maximum Gasteiger partial charge on any atom is 0.220 e. The van der Waals surface area contributed by atoms with Crippen LogP contribution in [0.2, 0.25) is 0 Å². The van der Waals surface area contributed by atoms with Gasteiger partial charge in [0.1, 0.15) is 5.82 Å². The molecule has 0 spiro atoms. The van der Waals surface area contributed by atoms with Gasteiger partial charge in [0, 0.05) is 17.9 Å². The van der Waals surface area contributed by atoms with E-state index in [2.05, 4.69) is 10.6 Å². The molecular formula is C16H24ClFN2OS. The summed E-state index contributed by atoms with van der Waals surface area (Å²) in [4.78, 5) is 12.8. The first-order valence-electron chi connectivity index (χ1n) is 7.60. The number of nitrogens with one attached hydrogen (secondary N) is 2. The fraction of sp³-hybridized carbons (Fsp3) is 0.562. The molecule has 1 fully saturated rings. The molecule has 1 aromatic rings. The van der Waals surface area contributed by atoms with Crippen LogP contribution in [0.25, 0.3) is 0 Å². The van der Waals surface area contributed by atoms with E-state index < -0.39 is 0 Å². The van der Waals surface area contributed by atoms with Gasteiger partial charge in [0.15, 0.2) is 0 Å². The molecule has 0 radical (unpaired) electrons. The molecule has 0 saturated carbocycles. The van der Waals surface area contributed by atoms with Gasteiger partial charge >= 0.3 is 0 Å². The van der Waals surface area contributed by atoms with Gasteiger partial charge in [-0.25, -0.2) is 4.39 Å². The van der Waals surface area contributed by atoms with Crippen LogP contribution >= 0.6 is 24.2 Å². The molecule has 0 aliphatic carbocycles. The quantitative estimate of drug-likeness (QED) is 0.561. The lowest BCUT2D eigenvalue weighted by molar-refractivity contribution is -0.121. The highest BCUT2D eigenvalue weighted by atomic mass is 35.5. The summed E-state index contributed by atoms with van der Waals surface area (Å²) in [6.07, 6.45) is 3.75. The molecule has 2 rings (SSSR count). The van der Waals surface area contributed by atoms with Crippen LogP contribution in [-0.4, -0.2) is 31.3 Å². The van der Waals surface area contributed by atoms with E-state index in [-0.39, 0.29) is 24.1 Å². The van der Waals surface area contributed by atoms with E-state index in [4.69, 9.17) is 0 Å². The SMILES string of the molecule is Cl.O=C(CCC1CCNC1)NCCCSc1ccc(F)cc1. The Kier molecular flexibility index (Phi) is 9.52. The Labute approximate surface area is 142 Å². The maximum atomic E-state index is 12.7. The normalized spacial score (nSPS) is 17.0. The third-order valence-electron chi connectivity index (χ3n) is 3.67. The topological polar surface area (TPSA) is 41.1 Å². The zero-order valence-corrected chi connectivity index (χ0v) is 14.3. The summed E-state index contributed by atoms with van der Waals surface area (Å²) in [7, 11) is 0. The fourth-order valence-corrected chi connectivity index (χ4v) is 3.26. The van der Waals surface area contributed by atoms with Crippen LogP contribution in [-0.2, 0) is 4.79 Å². The molecule has 6 heteroatoms. The highest BCUT2D eigenvalue weighted by molar-refractivity contribution is 7.99. The Bertz CT molecular complexity index is 438. The predicted molar refractivity (Wildman–Crippen MR) is 92.2 cm³/mol. The molecule has 0 bridgehead atoms. The molecule has 2 N–H and O–H groups in total. The standard InChI is InChI=1S/C16H23FN2OS.ClH/c17-14-3-5-15(6-4-14)21-11-1-9-19-16(20)7-2-13-8-10-18-12-13;/h3-6,13,18H,1-2,7-12H2,(H,19,20);1H. The Morgan fingerprint density at radius 3 is 2.82 bits per heavy atom. The van der Waals surface area contributed by atoms with E-state index in [1.807, 2.05) is 0 Å². The Hall–Kier alpha value is -0.780. The minimum atomic E-state index is -0.205. The van der Waals surface area contributed by atoms with Crippen LogP contribution in [0, 0.1) is 11.7 Å². The Morgan fingerprint density at radius 2 is 2.14 bits per heavy atom. The minimum Gasteiger partial charge on any atom is -0.356 e. The number of rotatable bonds is 8. The molecule has 1 amide bonds. The summed E-state index contributed by atoms with van der Waals surface area (Å²) in [6, 6.07) is 6.52. The van der Waals surface area contributed by atoms with Crippen LogP contribution in [0.3, 0.4) is 0 Å². The molecular weight excluding hydrogens is 323 g/mol. The molecule has 0 aromatic heterocycles. The van der Waals surface area contributed by atoms with Crippen molar-refractivity contribution in [3.8, 4) is 0 Å². The first kappa shape index (κ1) is 19.3. The van der Waals surface area contributed by atoms with Gasteiger partial charge in [-0.05, 0) is 68.3 Å². The number of benzene rings is 1. The van der Waals surface area contributed by atoms with Crippen LogP contribution in [0.15, 0.2) is 29.2 Å². The Morgan fingerprint density at radius 1 is 1.36 bits per heavy atom. The molecule has 124 valence electrons. The molecule has 1 aliphatic rings. The van der Waals surface area contributed by atoms with Crippen LogP contribution in [0.1, 0.15) is 25.7 Å². The number of halogens is 2. The lowest BCUT2D eigenvalue weighted by atomic mass is 10.0. The molecule has 1 unspecified atom stereocenters. The molecule has 1 aliphatic heterocycles. The van der Waals surface area contributed by atoms with Crippen molar-refractivity contribution in [1.29, 1.82) is 0 Å². The highest BCUT2D eigenvalue weighted by Crippen LogP contribution is 2.18. The number of carbonyl (C=O) groups excluding carboxylic acids is 1. The summed E-state index contributed by atoms with van der Waals surface area (Å²) in [5.74, 6) is 1.56. The monoisotopic (exact) mass is 346 g/mol. The molecule has 1 saturated heterocycles. The second kappa shape index (κ2) is 10.9. The Balaban J connectivity index is 0.00000242. The fourth-order valence-electron chi connectivity index (χ4n) is 2.41. The second-order valence-corrected chi connectivity index (χ2v) is 6.57. The average molecular weight is 347 g/mol. The van der Waals surface area contributed by atoms with Gasteiger partial charge in [-0.15, -0.1) is 24.2 Å². The van der Waals surface area contributed by atoms with Crippen LogP contribution in [0.5, 0.6) is 0 Å². The van der Waals surface area contributed by atoms with Gasteiger partial charge in [-0.1, -0.05) is 0 Å². The third-order valence-corrected chi connectivity index (χ3v) is 4.77. The van der Waals surface area contributed by atoms with Gasteiger partial charge < -0.3 is 10.6 Å². The molecule has 1 aromatic carbocycles. The first-order valence-corrected chi connectivity index (χ1v) is 8.58. The molecule has 1 heterocycles. The zero-order chi connectivity index (χ0) is 14.9. The molecule has 1 atom stereocenters. The van der Waals surface area contributed by atoms with E-state index >= 15 is 0 Å². The summed E-state index contributed by atoms with van der Waals surface area (Å²) >= 11 is 1.69. The summed E-state index contributed by atoms with van der Waals surface area (Å²) < 4.78 is 12.7. The number of hydrogen-bond donors (Lipinski definition) is 2. The molecule has 3 nitrogen and oxygen atoms in total. The lowest BCUT2D eigenvalue weighted by Gasteiger charge is -2.08. The van der Waals surface area contributed by atoms with Gasteiger partial charge in [0.25, 0.3) is 0 Å². The van der Waals surface area contributed by atoms with Gasteiger partial charge in [-0.2, -0.15) is 0 Å². The average Bonchev–Trinajstić information content (AvgIpc) is 3.00. The van der Waals surface area contributed by atoms with E-state index in [0.717, 1.165) is 43.1 Å². The minimum absolute atomic E-state index is 0. The van der Waals surface area contributed by atoms with Crippen molar-refractivity contribution in [3.05, 3.63) is 30.1 Å². The van der Waals surface area contributed by atoms with Crippen molar-refractivity contribution < 1.29 is 9.18 Å². The van der Waals surface area contributed by atoms with Gasteiger partial charge in [-0.3, -0.25) is 4.79 Å². The van der Waals surface area contributed by atoms with Crippen molar-refractivity contribution in [2.24, 2.45) is 5.92 Å². The van der Waals surface area contributed by atoms with Crippen molar-refractivity contribution in [2.45, 2.75) is 30.6 Å². The largest absolute Gasteiger partial charge is 0.356 e. The van der Waals surface area contributed by atoms with Gasteiger partial charge in [0.2, 0.25) is 5.91 Å². The first-order chi connectivity index (χ1) is 10.2. The van der Waals surface area contributed by atoms with E-state index in [1.54, 1.807) is 23.9 Å². The lowest BCUT2D eigenvalue weighted by Crippen LogP contribution is -2.25. The highest BCUT2D eigenvalue weighted by Gasteiger charge is 2.15. The number of carbonyl (C=O) groups is 1. The van der Waals surface area contributed by atoms with E-state index in [1.165, 1.54) is 18.6 Å². The van der Waals surface area contributed by atoms with Crippen LogP contribution in [0.4, 0.5) is 4.39 Å². The predicted octanol–water partition coefficient (Wildman–Crippen LogP) is 3.24. The van der Waals surface area contributed by atoms with Gasteiger partial charge in [0.05, 0.1) is 0 Å². The van der Waals surface area contributed by atoms with Crippen molar-refractivity contribution in [2.75, 3.05) is 25.4 Å². The van der Waals surface area contributed by atoms with Crippen molar-refractivity contribution in [3.63, 3.8) is 0 Å². The maximum absolute atomic E-state index is 12.7. The van der Waals surface area contributed by atoms with Crippen molar-refractivity contribution in [1.82, 2.24) is 10.6 Å². The molecule has 22 heavy (non-hydrogen) atoms. The van der Waals surface area contributed by atoms with E-state index in [9.17, 15) is 9.18 Å². The third kappa shape index (κ3) is 7.47. The second-order valence-electron chi connectivity index (χ2n) is 5.40. The van der Waals surface area contributed by atoms with E-state index in [0.29, 0.717) is 12.3 Å². The number of amides is 1. The number of thioether (sulfide) groups is 1. The van der Waals surface area contributed by atoms with Crippen molar-refractivity contribution >= 4 is 30.1 Å². The smallest absolute Gasteiger partial charge is 0.220 e. The van der Waals surface area contributed by atoms with Crippen LogP contribution < -0.4 is 10.6 Å². The summed E-state index contributed by atoms with van der Waals surface area (Å²) in [6.45, 7) is 2.87. The summed E-state index contributed by atoms with van der Waals surface area (Å²) in [5, 5.41) is 6.29. The zero-order valence-electron chi connectivity index (χ0n) is 12.6. The summed E-state index contributed by atoms with van der Waals surface area (Å²) in [5.41, 5.74) is 0. The number of hydrogen-bond acceptors (Lipinski definition) is 3.